The van der Waals surface area contributed by atoms with Crippen molar-refractivity contribution in [1.82, 2.24) is 9.47 Å². The smallest absolute Gasteiger partial charge is 0.120 e. The van der Waals surface area contributed by atoms with Crippen molar-refractivity contribution < 1.29 is 4.74 Å². The second-order valence-corrected chi connectivity index (χ2v) is 7.90. The molecule has 0 radical (unpaired) electrons. The summed E-state index contributed by atoms with van der Waals surface area (Å²) in [7, 11) is 2.23. The summed E-state index contributed by atoms with van der Waals surface area (Å²) >= 11 is 0. The Morgan fingerprint density at radius 1 is 1.15 bits per heavy atom. The fraction of sp³-hybridized carbons (Fsp3) is 0.417. The van der Waals surface area contributed by atoms with Gasteiger partial charge in [0, 0.05) is 42.1 Å². The summed E-state index contributed by atoms with van der Waals surface area (Å²) in [6.45, 7) is 9.29. The molecule has 0 amide bonds. The molecule has 0 spiro atoms. The summed E-state index contributed by atoms with van der Waals surface area (Å²) < 4.78 is 8.34. The molecule has 0 N–H and O–H groups in total. The number of aryl methyl sites for hydroxylation is 3. The van der Waals surface area contributed by atoms with E-state index in [0.29, 0.717) is 12.6 Å². The van der Waals surface area contributed by atoms with Crippen LogP contribution in [0.2, 0.25) is 0 Å². The van der Waals surface area contributed by atoms with Crippen molar-refractivity contribution in [1.29, 1.82) is 0 Å². The predicted molar refractivity (Wildman–Crippen MR) is 113 cm³/mol. The molecule has 1 aliphatic heterocycles. The quantitative estimate of drug-likeness (QED) is 0.638. The first kappa shape index (κ1) is 18.1. The SMILES string of the molecule is CCOc1ccc2c(c1)c1c(n2CCc2cccc(C)c2)CC(C)N(C)C1. The molecule has 1 aliphatic rings. The summed E-state index contributed by atoms with van der Waals surface area (Å²) in [6.07, 6.45) is 2.17. The van der Waals surface area contributed by atoms with Gasteiger partial charge in [0.25, 0.3) is 0 Å². The highest BCUT2D eigenvalue weighted by Crippen LogP contribution is 2.34. The van der Waals surface area contributed by atoms with Gasteiger partial charge >= 0.3 is 0 Å². The molecule has 1 aromatic heterocycles. The molecule has 0 saturated carbocycles. The van der Waals surface area contributed by atoms with Crippen molar-refractivity contribution in [3.63, 3.8) is 0 Å². The van der Waals surface area contributed by atoms with Crippen molar-refractivity contribution in [2.75, 3.05) is 13.7 Å². The average molecular weight is 363 g/mol. The van der Waals surface area contributed by atoms with Crippen LogP contribution in [-0.4, -0.2) is 29.2 Å². The number of fused-ring (bicyclic) bond motifs is 3. The van der Waals surface area contributed by atoms with E-state index >= 15 is 0 Å². The van der Waals surface area contributed by atoms with Crippen LogP contribution >= 0.6 is 0 Å². The third-order valence-electron chi connectivity index (χ3n) is 5.92. The number of hydrogen-bond donors (Lipinski definition) is 0. The van der Waals surface area contributed by atoms with Crippen LogP contribution in [-0.2, 0) is 25.9 Å². The van der Waals surface area contributed by atoms with Gasteiger partial charge in [0.2, 0.25) is 0 Å². The van der Waals surface area contributed by atoms with Crippen molar-refractivity contribution in [3.8, 4) is 5.75 Å². The Morgan fingerprint density at radius 2 is 2.00 bits per heavy atom. The second-order valence-electron chi connectivity index (χ2n) is 7.90. The van der Waals surface area contributed by atoms with Gasteiger partial charge in [-0.25, -0.2) is 0 Å². The third kappa shape index (κ3) is 3.49. The Balaban J connectivity index is 1.75. The summed E-state index contributed by atoms with van der Waals surface area (Å²) in [5, 5.41) is 1.36. The van der Waals surface area contributed by atoms with Crippen LogP contribution in [0.15, 0.2) is 42.5 Å². The Morgan fingerprint density at radius 3 is 2.78 bits per heavy atom. The molecule has 3 nitrogen and oxygen atoms in total. The average Bonchev–Trinajstić information content (AvgIpc) is 2.93. The van der Waals surface area contributed by atoms with Gasteiger partial charge in [0.05, 0.1) is 6.61 Å². The maximum Gasteiger partial charge on any atom is 0.120 e. The van der Waals surface area contributed by atoms with E-state index < -0.39 is 0 Å². The summed E-state index contributed by atoms with van der Waals surface area (Å²) in [6, 6.07) is 16.1. The molecule has 0 fully saturated rings. The van der Waals surface area contributed by atoms with Gasteiger partial charge < -0.3 is 9.30 Å². The first-order valence-electron chi connectivity index (χ1n) is 10.1. The van der Waals surface area contributed by atoms with Gasteiger partial charge in [0.15, 0.2) is 0 Å². The first-order valence-corrected chi connectivity index (χ1v) is 10.1. The molecule has 142 valence electrons. The fourth-order valence-electron chi connectivity index (χ4n) is 4.33. The Hall–Kier alpha value is -2.26. The van der Waals surface area contributed by atoms with Gasteiger partial charge in [-0.3, -0.25) is 4.90 Å². The van der Waals surface area contributed by atoms with Crippen molar-refractivity contribution in [3.05, 3.63) is 64.8 Å². The van der Waals surface area contributed by atoms with E-state index in [2.05, 4.69) is 72.8 Å². The molecule has 1 atom stereocenters. The minimum Gasteiger partial charge on any atom is -0.494 e. The normalized spacial score (nSPS) is 17.3. The lowest BCUT2D eigenvalue weighted by Crippen LogP contribution is -2.35. The fourth-order valence-corrected chi connectivity index (χ4v) is 4.33. The van der Waals surface area contributed by atoms with Crippen LogP contribution < -0.4 is 4.74 Å². The molecular formula is C24H30N2O. The monoisotopic (exact) mass is 362 g/mol. The number of aromatic nitrogens is 1. The highest BCUT2D eigenvalue weighted by Gasteiger charge is 2.26. The molecule has 0 aliphatic carbocycles. The number of ether oxygens (including phenoxy) is 1. The van der Waals surface area contributed by atoms with Gasteiger partial charge in [-0.1, -0.05) is 29.8 Å². The van der Waals surface area contributed by atoms with Crippen molar-refractivity contribution in [2.24, 2.45) is 0 Å². The molecule has 0 bridgehead atoms. The van der Waals surface area contributed by atoms with Crippen LogP contribution in [0.25, 0.3) is 10.9 Å². The van der Waals surface area contributed by atoms with E-state index in [4.69, 9.17) is 4.74 Å². The number of benzene rings is 2. The molecular weight excluding hydrogens is 332 g/mol. The van der Waals surface area contributed by atoms with E-state index in [1.54, 1.807) is 0 Å². The third-order valence-corrected chi connectivity index (χ3v) is 5.92. The Labute approximate surface area is 162 Å². The zero-order chi connectivity index (χ0) is 19.0. The van der Waals surface area contributed by atoms with Gasteiger partial charge in [-0.15, -0.1) is 0 Å². The zero-order valence-corrected chi connectivity index (χ0v) is 17.0. The van der Waals surface area contributed by atoms with Gasteiger partial charge in [0.1, 0.15) is 5.75 Å². The standard InChI is InChI=1S/C24H30N2O/c1-5-27-20-9-10-23-21(15-20)22-16-25(4)18(3)14-24(22)26(23)12-11-19-8-6-7-17(2)13-19/h6-10,13,15,18H,5,11-12,14,16H2,1-4H3. The van der Waals surface area contributed by atoms with Crippen molar-refractivity contribution in [2.45, 2.75) is 52.7 Å². The molecule has 3 heteroatoms. The van der Waals surface area contributed by atoms with Gasteiger partial charge in [-0.2, -0.15) is 0 Å². The van der Waals surface area contributed by atoms with E-state index in [9.17, 15) is 0 Å². The molecule has 3 aromatic rings. The largest absolute Gasteiger partial charge is 0.494 e. The lowest BCUT2D eigenvalue weighted by atomic mass is 10.00. The van der Waals surface area contributed by atoms with E-state index in [0.717, 1.165) is 31.7 Å². The molecule has 4 rings (SSSR count). The first-order chi connectivity index (χ1) is 13.1. The number of hydrogen-bond acceptors (Lipinski definition) is 2. The number of nitrogens with zero attached hydrogens (tertiary/aromatic N) is 2. The molecule has 2 aromatic carbocycles. The highest BCUT2D eigenvalue weighted by atomic mass is 16.5. The molecule has 1 unspecified atom stereocenters. The van der Waals surface area contributed by atoms with Crippen LogP contribution in [0.4, 0.5) is 0 Å². The zero-order valence-electron chi connectivity index (χ0n) is 17.0. The Bertz CT molecular complexity index is 956. The lowest BCUT2D eigenvalue weighted by molar-refractivity contribution is 0.228. The minimum absolute atomic E-state index is 0.575. The van der Waals surface area contributed by atoms with E-state index in [-0.39, 0.29) is 0 Å². The number of likely N-dealkylation sites (N-methyl/N-ethyl adjacent to an activating group) is 1. The van der Waals surface area contributed by atoms with Crippen molar-refractivity contribution >= 4 is 10.9 Å². The minimum atomic E-state index is 0.575. The van der Waals surface area contributed by atoms with Gasteiger partial charge in [-0.05, 0) is 63.6 Å². The Kier molecular flexibility index (Phi) is 4.96. The predicted octanol–water partition coefficient (Wildman–Crippen LogP) is 4.97. The second kappa shape index (κ2) is 7.40. The topological polar surface area (TPSA) is 17.4 Å². The summed E-state index contributed by atoms with van der Waals surface area (Å²) in [5.41, 5.74) is 7.09. The maximum absolute atomic E-state index is 5.78. The van der Waals surface area contributed by atoms with E-state index in [1.165, 1.54) is 33.3 Å². The van der Waals surface area contributed by atoms with E-state index in [1.807, 2.05) is 6.92 Å². The van der Waals surface area contributed by atoms with Crippen LogP contribution in [0.5, 0.6) is 5.75 Å². The molecule has 0 saturated heterocycles. The highest BCUT2D eigenvalue weighted by molar-refractivity contribution is 5.87. The number of rotatable bonds is 5. The lowest BCUT2D eigenvalue weighted by Gasteiger charge is -2.31. The summed E-state index contributed by atoms with van der Waals surface area (Å²) in [4.78, 5) is 2.46. The summed E-state index contributed by atoms with van der Waals surface area (Å²) in [5.74, 6) is 0.977. The molecule has 27 heavy (non-hydrogen) atoms. The van der Waals surface area contributed by atoms with Crippen LogP contribution in [0, 0.1) is 6.92 Å². The van der Waals surface area contributed by atoms with Crippen LogP contribution in [0.1, 0.15) is 36.2 Å². The molecule has 2 heterocycles. The maximum atomic E-state index is 5.78. The van der Waals surface area contributed by atoms with Crippen LogP contribution in [0.3, 0.4) is 0 Å².